The Bertz CT molecular complexity index is 733. The van der Waals surface area contributed by atoms with Gasteiger partial charge in [-0.25, -0.2) is 0 Å². The molecule has 0 aliphatic rings. The maximum atomic E-state index is 8.66. The Morgan fingerprint density at radius 1 is 0.680 bits per heavy atom. The zero-order chi connectivity index (χ0) is 17.4. The van der Waals surface area contributed by atoms with Gasteiger partial charge in [0.15, 0.2) is 0 Å². The first kappa shape index (κ1) is 17.1. The summed E-state index contributed by atoms with van der Waals surface area (Å²) in [5.41, 5.74) is 3.59. The van der Waals surface area contributed by atoms with Crippen molar-refractivity contribution in [2.75, 3.05) is 0 Å². The zero-order valence-corrected chi connectivity index (χ0v) is 14.5. The number of rotatable bonds is 6. The second-order valence-corrected chi connectivity index (χ2v) is 6.61. The molecule has 3 heteroatoms. The molecule has 0 atom stereocenters. The van der Waals surface area contributed by atoms with Gasteiger partial charge in [-0.15, -0.1) is 11.8 Å². The van der Waals surface area contributed by atoms with Crippen molar-refractivity contribution in [2.24, 2.45) is 5.16 Å². The van der Waals surface area contributed by atoms with Crippen LogP contribution in [0.5, 0.6) is 0 Å². The molecule has 3 rings (SSSR count). The number of nitrogens with zero attached hydrogens (tertiary/aromatic N) is 1. The van der Waals surface area contributed by atoms with E-state index in [2.05, 4.69) is 78.0 Å². The van der Waals surface area contributed by atoms with Crippen LogP contribution >= 0.6 is 11.8 Å². The molecule has 2 nitrogen and oxygen atoms in total. The molecule has 0 spiro atoms. The third kappa shape index (κ3) is 3.67. The lowest BCUT2D eigenvalue weighted by Crippen LogP contribution is -2.24. The van der Waals surface area contributed by atoms with Gasteiger partial charge < -0.3 is 5.21 Å². The van der Waals surface area contributed by atoms with E-state index in [-0.39, 0.29) is 4.75 Å². The normalized spacial score (nSPS) is 12.0. The summed E-state index contributed by atoms with van der Waals surface area (Å²) in [4.78, 5) is 0. The molecule has 0 saturated carbocycles. The molecule has 0 bridgehead atoms. The van der Waals surface area contributed by atoms with Gasteiger partial charge in [-0.3, -0.25) is 0 Å². The highest BCUT2D eigenvalue weighted by atomic mass is 32.2. The lowest BCUT2D eigenvalue weighted by Gasteiger charge is -2.34. The molecule has 1 N–H and O–H groups in total. The predicted octanol–water partition coefficient (Wildman–Crippen LogP) is 5.69. The van der Waals surface area contributed by atoms with Crippen LogP contribution in [0.4, 0.5) is 0 Å². The van der Waals surface area contributed by atoms with Gasteiger partial charge in [-0.1, -0.05) is 96.2 Å². The van der Waals surface area contributed by atoms with Crippen molar-refractivity contribution in [3.05, 3.63) is 119 Å². The van der Waals surface area contributed by atoms with Gasteiger partial charge in [0, 0.05) is 0 Å². The molecule has 0 aliphatic heterocycles. The number of hydrogen-bond acceptors (Lipinski definition) is 3. The number of allylic oxidation sites excluding steroid dienone is 1. The Morgan fingerprint density at radius 3 is 1.44 bits per heavy atom. The van der Waals surface area contributed by atoms with E-state index in [4.69, 9.17) is 5.21 Å². The summed E-state index contributed by atoms with van der Waals surface area (Å²) in [5.74, 6) is 0. The first-order chi connectivity index (χ1) is 12.4. The van der Waals surface area contributed by atoms with Crippen molar-refractivity contribution in [1.82, 2.24) is 0 Å². The van der Waals surface area contributed by atoms with Gasteiger partial charge >= 0.3 is 0 Å². The summed E-state index contributed by atoms with van der Waals surface area (Å²) >= 11 is 1.69. The number of oxime groups is 1. The van der Waals surface area contributed by atoms with Gasteiger partial charge in [0.25, 0.3) is 0 Å². The van der Waals surface area contributed by atoms with Crippen molar-refractivity contribution in [3.63, 3.8) is 0 Å². The molecule has 0 unspecified atom stereocenters. The van der Waals surface area contributed by atoms with Gasteiger partial charge in [0.05, 0.1) is 11.0 Å². The molecular weight excluding hydrogens is 326 g/mol. The van der Waals surface area contributed by atoms with Gasteiger partial charge in [0.2, 0.25) is 0 Å². The molecule has 0 aromatic heterocycles. The van der Waals surface area contributed by atoms with Crippen LogP contribution in [0, 0.1) is 0 Å². The highest BCUT2D eigenvalue weighted by Gasteiger charge is 2.36. The van der Waals surface area contributed by atoms with Crippen molar-refractivity contribution in [3.8, 4) is 0 Å². The average molecular weight is 345 g/mol. The molecule has 0 aliphatic carbocycles. The topological polar surface area (TPSA) is 32.6 Å². The Labute approximate surface area is 152 Å². The second-order valence-electron chi connectivity index (χ2n) is 5.49. The molecule has 0 heterocycles. The van der Waals surface area contributed by atoms with E-state index < -0.39 is 0 Å². The smallest absolute Gasteiger partial charge is 0.0948 e. The van der Waals surface area contributed by atoms with Crippen molar-refractivity contribution in [2.45, 2.75) is 4.75 Å². The van der Waals surface area contributed by atoms with Crippen molar-refractivity contribution >= 4 is 18.0 Å². The number of hydrogen-bond donors (Lipinski definition) is 1. The standard InChI is InChI=1S/C22H19NOS/c24-23-17-10-18-25-22(19-11-4-1-5-12-19,20-13-6-2-7-14-20)21-15-8-3-9-16-21/h1-18,24H/b18-10+,23-17+. The summed E-state index contributed by atoms with van der Waals surface area (Å²) in [6.07, 6.45) is 3.12. The second kappa shape index (κ2) is 8.36. The van der Waals surface area contributed by atoms with Gasteiger partial charge in [-0.2, -0.15) is 0 Å². The van der Waals surface area contributed by atoms with Crippen molar-refractivity contribution < 1.29 is 5.21 Å². The monoisotopic (exact) mass is 345 g/mol. The maximum absolute atomic E-state index is 8.66. The zero-order valence-electron chi connectivity index (χ0n) is 13.7. The van der Waals surface area contributed by atoms with Crippen LogP contribution in [0.15, 0.2) is 108 Å². The van der Waals surface area contributed by atoms with Crippen LogP contribution in [-0.2, 0) is 4.75 Å². The molecule has 0 amide bonds. The van der Waals surface area contributed by atoms with E-state index in [1.54, 1.807) is 17.8 Å². The third-order valence-electron chi connectivity index (χ3n) is 4.02. The highest BCUT2D eigenvalue weighted by Crippen LogP contribution is 2.48. The van der Waals surface area contributed by atoms with Crippen LogP contribution in [0.1, 0.15) is 16.7 Å². The lowest BCUT2D eigenvalue weighted by atomic mass is 9.84. The fourth-order valence-corrected chi connectivity index (χ4v) is 4.11. The quantitative estimate of drug-likeness (QED) is 0.269. The molecule has 25 heavy (non-hydrogen) atoms. The van der Waals surface area contributed by atoms with Crippen LogP contribution in [-0.4, -0.2) is 11.4 Å². The Hall–Kier alpha value is -2.78. The lowest BCUT2D eigenvalue weighted by molar-refractivity contribution is 0.322. The number of benzene rings is 3. The molecule has 3 aromatic carbocycles. The molecular formula is C22H19NOS. The molecule has 0 radical (unpaired) electrons. The van der Waals surface area contributed by atoms with Crippen LogP contribution in [0.2, 0.25) is 0 Å². The van der Waals surface area contributed by atoms with E-state index >= 15 is 0 Å². The van der Waals surface area contributed by atoms with Gasteiger partial charge in [0.1, 0.15) is 0 Å². The minimum atomic E-state index is -0.385. The minimum absolute atomic E-state index is 0.385. The first-order valence-corrected chi connectivity index (χ1v) is 8.93. The van der Waals surface area contributed by atoms with Crippen LogP contribution in [0.25, 0.3) is 0 Å². The van der Waals surface area contributed by atoms with Crippen molar-refractivity contribution in [1.29, 1.82) is 0 Å². The van der Waals surface area contributed by atoms with E-state index in [1.165, 1.54) is 22.9 Å². The summed E-state index contributed by atoms with van der Waals surface area (Å²) in [6, 6.07) is 31.4. The van der Waals surface area contributed by atoms with Crippen LogP contribution < -0.4 is 0 Å². The SMILES string of the molecule is O/N=C/C=C/SC(c1ccccc1)(c1ccccc1)c1ccccc1. The largest absolute Gasteiger partial charge is 0.411 e. The third-order valence-corrected chi connectivity index (χ3v) is 5.37. The summed E-state index contributed by atoms with van der Waals surface area (Å²) in [6.45, 7) is 0. The molecule has 3 aromatic rings. The molecule has 124 valence electrons. The van der Waals surface area contributed by atoms with E-state index in [0.717, 1.165) is 0 Å². The Kier molecular flexibility index (Phi) is 5.70. The minimum Gasteiger partial charge on any atom is -0.411 e. The fraction of sp³-hybridized carbons (Fsp3) is 0.0455. The average Bonchev–Trinajstić information content (AvgIpc) is 2.70. The van der Waals surface area contributed by atoms with Crippen LogP contribution in [0.3, 0.4) is 0 Å². The number of thioether (sulfide) groups is 1. The first-order valence-electron chi connectivity index (χ1n) is 8.05. The summed E-state index contributed by atoms with van der Waals surface area (Å²) in [7, 11) is 0. The molecule has 0 fully saturated rings. The van der Waals surface area contributed by atoms with E-state index in [9.17, 15) is 0 Å². The molecule has 0 saturated heterocycles. The van der Waals surface area contributed by atoms with E-state index in [1.807, 2.05) is 23.6 Å². The Balaban J connectivity index is 2.23. The fourth-order valence-electron chi connectivity index (χ4n) is 2.94. The summed E-state index contributed by atoms with van der Waals surface area (Å²) in [5, 5.41) is 13.7. The maximum Gasteiger partial charge on any atom is 0.0948 e. The summed E-state index contributed by atoms with van der Waals surface area (Å²) < 4.78 is -0.385. The highest BCUT2D eigenvalue weighted by molar-refractivity contribution is 8.03. The predicted molar refractivity (Wildman–Crippen MR) is 106 cm³/mol. The van der Waals surface area contributed by atoms with E-state index in [0.29, 0.717) is 0 Å². The Morgan fingerprint density at radius 2 is 1.08 bits per heavy atom. The van der Waals surface area contributed by atoms with Gasteiger partial charge in [-0.05, 0) is 28.2 Å².